The Morgan fingerprint density at radius 2 is 1.95 bits per heavy atom. The highest BCUT2D eigenvalue weighted by Gasteiger charge is 2.31. The molecule has 1 amide bonds. The SMILES string of the molecule is CCC(C)(NCC(=O)NC1CCCCC1C)C(=O)O. The van der Waals surface area contributed by atoms with Crippen molar-refractivity contribution in [2.24, 2.45) is 5.92 Å². The van der Waals surface area contributed by atoms with Gasteiger partial charge in [0.1, 0.15) is 5.54 Å². The maximum Gasteiger partial charge on any atom is 0.323 e. The van der Waals surface area contributed by atoms with E-state index in [4.69, 9.17) is 5.11 Å². The minimum absolute atomic E-state index is 0.0554. The summed E-state index contributed by atoms with van der Waals surface area (Å²) in [4.78, 5) is 23.0. The number of carboxylic acid groups (broad SMARTS) is 1. The Morgan fingerprint density at radius 1 is 1.32 bits per heavy atom. The van der Waals surface area contributed by atoms with Crippen LogP contribution in [0.25, 0.3) is 0 Å². The van der Waals surface area contributed by atoms with E-state index in [0.717, 1.165) is 19.3 Å². The summed E-state index contributed by atoms with van der Waals surface area (Å²) in [6.07, 6.45) is 5.01. The van der Waals surface area contributed by atoms with E-state index in [1.54, 1.807) is 13.8 Å². The summed E-state index contributed by atoms with van der Waals surface area (Å²) in [5.41, 5.74) is -1.03. The first-order chi connectivity index (χ1) is 8.89. The van der Waals surface area contributed by atoms with Crippen molar-refractivity contribution in [3.05, 3.63) is 0 Å². The highest BCUT2D eigenvalue weighted by molar-refractivity contribution is 5.82. The summed E-state index contributed by atoms with van der Waals surface area (Å²) in [7, 11) is 0. The van der Waals surface area contributed by atoms with Crippen LogP contribution in [0.3, 0.4) is 0 Å². The number of nitrogens with one attached hydrogen (secondary N) is 2. The van der Waals surface area contributed by atoms with Crippen LogP contribution in [0.2, 0.25) is 0 Å². The Morgan fingerprint density at radius 3 is 2.47 bits per heavy atom. The van der Waals surface area contributed by atoms with Gasteiger partial charge in [-0.05, 0) is 32.1 Å². The number of hydrogen-bond acceptors (Lipinski definition) is 3. The van der Waals surface area contributed by atoms with Gasteiger partial charge < -0.3 is 10.4 Å². The van der Waals surface area contributed by atoms with Crippen LogP contribution in [0.1, 0.15) is 52.9 Å². The Labute approximate surface area is 115 Å². The standard InChI is InChI=1S/C14H26N2O3/c1-4-14(3,13(18)19)15-9-12(17)16-11-8-6-5-7-10(11)2/h10-11,15H,4-9H2,1-3H3,(H,16,17)(H,18,19). The lowest BCUT2D eigenvalue weighted by Gasteiger charge is -2.30. The Balaban J connectivity index is 2.40. The second-order valence-electron chi connectivity index (χ2n) is 5.78. The molecule has 0 saturated heterocycles. The lowest BCUT2D eigenvalue weighted by molar-refractivity contribution is -0.144. The van der Waals surface area contributed by atoms with Crippen LogP contribution in [-0.4, -0.2) is 35.1 Å². The Bertz CT molecular complexity index is 333. The first kappa shape index (κ1) is 16.0. The quantitative estimate of drug-likeness (QED) is 0.684. The molecule has 5 nitrogen and oxygen atoms in total. The number of carboxylic acids is 1. The molecule has 0 bridgehead atoms. The summed E-state index contributed by atoms with van der Waals surface area (Å²) in [5, 5.41) is 15.0. The van der Waals surface area contributed by atoms with Crippen molar-refractivity contribution in [3.63, 3.8) is 0 Å². The monoisotopic (exact) mass is 270 g/mol. The molecule has 1 aliphatic rings. The molecule has 0 aromatic rings. The van der Waals surface area contributed by atoms with Gasteiger partial charge in [0.15, 0.2) is 0 Å². The molecule has 1 fully saturated rings. The summed E-state index contributed by atoms with van der Waals surface area (Å²) in [5.74, 6) is -0.525. The smallest absolute Gasteiger partial charge is 0.323 e. The van der Waals surface area contributed by atoms with Gasteiger partial charge in [0.2, 0.25) is 5.91 Å². The second kappa shape index (κ2) is 6.89. The van der Waals surface area contributed by atoms with Crippen LogP contribution in [0, 0.1) is 5.92 Å². The number of carbonyl (C=O) groups is 2. The Kier molecular flexibility index (Phi) is 5.79. The van der Waals surface area contributed by atoms with E-state index in [9.17, 15) is 9.59 Å². The van der Waals surface area contributed by atoms with Crippen molar-refractivity contribution in [1.82, 2.24) is 10.6 Å². The molecular weight excluding hydrogens is 244 g/mol. The van der Waals surface area contributed by atoms with E-state index in [0.29, 0.717) is 12.3 Å². The van der Waals surface area contributed by atoms with Crippen LogP contribution in [0.15, 0.2) is 0 Å². The van der Waals surface area contributed by atoms with E-state index in [1.807, 2.05) is 0 Å². The number of rotatable bonds is 6. The van der Waals surface area contributed by atoms with Gasteiger partial charge in [-0.25, -0.2) is 0 Å². The summed E-state index contributed by atoms with van der Waals surface area (Å²) >= 11 is 0. The molecule has 110 valence electrons. The van der Waals surface area contributed by atoms with Gasteiger partial charge in [-0.15, -0.1) is 0 Å². The van der Waals surface area contributed by atoms with Crippen LogP contribution in [0.4, 0.5) is 0 Å². The van der Waals surface area contributed by atoms with Gasteiger partial charge in [-0.3, -0.25) is 14.9 Å². The topological polar surface area (TPSA) is 78.4 Å². The average Bonchev–Trinajstić information content (AvgIpc) is 2.38. The molecule has 0 radical (unpaired) electrons. The molecule has 0 aromatic carbocycles. The van der Waals surface area contributed by atoms with E-state index in [1.165, 1.54) is 6.42 Å². The number of amides is 1. The van der Waals surface area contributed by atoms with E-state index >= 15 is 0 Å². The predicted octanol–water partition coefficient (Wildman–Crippen LogP) is 1.52. The fourth-order valence-corrected chi connectivity index (χ4v) is 2.42. The predicted molar refractivity (Wildman–Crippen MR) is 73.9 cm³/mol. The largest absolute Gasteiger partial charge is 0.480 e. The average molecular weight is 270 g/mol. The highest BCUT2D eigenvalue weighted by Crippen LogP contribution is 2.23. The van der Waals surface area contributed by atoms with Crippen molar-refractivity contribution in [2.45, 2.75) is 64.5 Å². The molecule has 3 N–H and O–H groups in total. The lowest BCUT2D eigenvalue weighted by atomic mass is 9.86. The molecular formula is C14H26N2O3. The molecule has 0 heterocycles. The zero-order valence-corrected chi connectivity index (χ0v) is 12.2. The van der Waals surface area contributed by atoms with Gasteiger partial charge in [-0.2, -0.15) is 0 Å². The molecule has 3 atom stereocenters. The third kappa shape index (κ3) is 4.49. The molecule has 1 saturated carbocycles. The normalized spacial score (nSPS) is 26.5. The highest BCUT2D eigenvalue weighted by atomic mass is 16.4. The van der Waals surface area contributed by atoms with Gasteiger partial charge in [0.05, 0.1) is 6.54 Å². The van der Waals surface area contributed by atoms with E-state index in [-0.39, 0.29) is 18.5 Å². The number of hydrogen-bond donors (Lipinski definition) is 3. The fourth-order valence-electron chi connectivity index (χ4n) is 2.42. The van der Waals surface area contributed by atoms with Crippen molar-refractivity contribution >= 4 is 11.9 Å². The number of aliphatic carboxylic acids is 1. The fraction of sp³-hybridized carbons (Fsp3) is 0.857. The first-order valence-electron chi connectivity index (χ1n) is 7.17. The van der Waals surface area contributed by atoms with Crippen molar-refractivity contribution in [2.75, 3.05) is 6.54 Å². The zero-order valence-electron chi connectivity index (χ0n) is 12.2. The van der Waals surface area contributed by atoms with Gasteiger partial charge in [-0.1, -0.05) is 26.7 Å². The second-order valence-corrected chi connectivity index (χ2v) is 5.78. The molecule has 0 spiro atoms. The van der Waals surface area contributed by atoms with Crippen molar-refractivity contribution < 1.29 is 14.7 Å². The van der Waals surface area contributed by atoms with Crippen molar-refractivity contribution in [1.29, 1.82) is 0 Å². The van der Waals surface area contributed by atoms with Gasteiger partial charge in [0, 0.05) is 6.04 Å². The lowest BCUT2D eigenvalue weighted by Crippen LogP contribution is -2.53. The van der Waals surface area contributed by atoms with Crippen LogP contribution < -0.4 is 10.6 Å². The van der Waals surface area contributed by atoms with Gasteiger partial charge in [0.25, 0.3) is 0 Å². The van der Waals surface area contributed by atoms with E-state index < -0.39 is 11.5 Å². The molecule has 3 unspecified atom stereocenters. The summed E-state index contributed by atoms with van der Waals surface area (Å²) in [6, 6.07) is 0.237. The van der Waals surface area contributed by atoms with Gasteiger partial charge >= 0.3 is 5.97 Å². The molecule has 0 aromatic heterocycles. The number of carbonyl (C=O) groups excluding carboxylic acids is 1. The maximum atomic E-state index is 11.9. The third-order valence-corrected chi connectivity index (χ3v) is 4.28. The minimum Gasteiger partial charge on any atom is -0.480 e. The summed E-state index contributed by atoms with van der Waals surface area (Å²) in [6.45, 7) is 5.61. The van der Waals surface area contributed by atoms with Crippen LogP contribution in [0.5, 0.6) is 0 Å². The van der Waals surface area contributed by atoms with Crippen LogP contribution in [-0.2, 0) is 9.59 Å². The molecule has 1 rings (SSSR count). The molecule has 1 aliphatic carbocycles. The maximum absolute atomic E-state index is 11.9. The van der Waals surface area contributed by atoms with E-state index in [2.05, 4.69) is 17.6 Å². The summed E-state index contributed by atoms with van der Waals surface area (Å²) < 4.78 is 0. The van der Waals surface area contributed by atoms with Crippen molar-refractivity contribution in [3.8, 4) is 0 Å². The third-order valence-electron chi connectivity index (χ3n) is 4.28. The molecule has 5 heteroatoms. The Hall–Kier alpha value is -1.10. The van der Waals surface area contributed by atoms with Crippen LogP contribution >= 0.6 is 0 Å². The minimum atomic E-state index is -1.03. The first-order valence-corrected chi connectivity index (χ1v) is 7.17. The molecule has 19 heavy (non-hydrogen) atoms. The zero-order chi connectivity index (χ0) is 14.5. The molecule has 0 aliphatic heterocycles.